The molecule has 2 atom stereocenters. The van der Waals surface area contributed by atoms with E-state index in [0.717, 1.165) is 18.7 Å². The summed E-state index contributed by atoms with van der Waals surface area (Å²) in [5.74, 6) is 0.599. The van der Waals surface area contributed by atoms with Crippen LogP contribution in [0.5, 0.6) is 0 Å². The molecule has 0 saturated carbocycles. The lowest BCUT2D eigenvalue weighted by atomic mass is 10.2. The van der Waals surface area contributed by atoms with E-state index in [9.17, 15) is 4.79 Å². The molecular formula is C12H16N6O2. The van der Waals surface area contributed by atoms with Crippen LogP contribution in [0.3, 0.4) is 0 Å². The Balaban J connectivity index is 1.51. The van der Waals surface area contributed by atoms with E-state index >= 15 is 0 Å². The molecule has 0 spiro atoms. The first-order valence-corrected chi connectivity index (χ1v) is 6.49. The molecular weight excluding hydrogens is 260 g/mol. The molecule has 8 nitrogen and oxygen atoms in total. The van der Waals surface area contributed by atoms with Gasteiger partial charge in [-0.1, -0.05) is 0 Å². The Bertz CT molecular complexity index is 579. The summed E-state index contributed by atoms with van der Waals surface area (Å²) < 4.78 is 7.52. The van der Waals surface area contributed by atoms with Gasteiger partial charge in [0.25, 0.3) is 5.91 Å². The van der Waals surface area contributed by atoms with Crippen LogP contribution < -0.4 is 5.32 Å². The van der Waals surface area contributed by atoms with Crippen molar-refractivity contribution in [1.29, 1.82) is 0 Å². The highest BCUT2D eigenvalue weighted by molar-refractivity contribution is 5.92. The zero-order valence-electron chi connectivity index (χ0n) is 11.1. The van der Waals surface area contributed by atoms with E-state index in [2.05, 4.69) is 25.5 Å². The van der Waals surface area contributed by atoms with E-state index in [4.69, 9.17) is 4.74 Å². The molecule has 2 N–H and O–H groups in total. The van der Waals surface area contributed by atoms with Gasteiger partial charge < -0.3 is 14.6 Å². The van der Waals surface area contributed by atoms with Gasteiger partial charge in [0.15, 0.2) is 5.82 Å². The number of imidazole rings is 1. The fourth-order valence-electron chi connectivity index (χ4n) is 2.30. The van der Waals surface area contributed by atoms with Crippen molar-refractivity contribution in [3.05, 3.63) is 30.4 Å². The van der Waals surface area contributed by atoms with Gasteiger partial charge >= 0.3 is 0 Å². The smallest absolute Gasteiger partial charge is 0.269 e. The molecule has 0 aliphatic carbocycles. The summed E-state index contributed by atoms with van der Waals surface area (Å²) in [4.78, 5) is 19.9. The molecule has 3 heterocycles. The third-order valence-electron chi connectivity index (χ3n) is 3.39. The number of nitrogens with zero attached hydrogens (tertiary/aromatic N) is 4. The molecule has 1 amide bonds. The molecule has 0 radical (unpaired) electrons. The van der Waals surface area contributed by atoms with E-state index in [0.29, 0.717) is 12.2 Å². The largest absolute Gasteiger partial charge is 0.365 e. The fraction of sp³-hybridized carbons (Fsp3) is 0.500. The number of H-pyrrole nitrogens is 1. The van der Waals surface area contributed by atoms with Gasteiger partial charge in [-0.2, -0.15) is 5.10 Å². The maximum atomic E-state index is 11.9. The van der Waals surface area contributed by atoms with Crippen LogP contribution in [0.2, 0.25) is 0 Å². The van der Waals surface area contributed by atoms with Crippen molar-refractivity contribution in [3.63, 3.8) is 0 Å². The molecule has 8 heteroatoms. The quantitative estimate of drug-likeness (QED) is 0.830. The number of ether oxygens (including phenoxy) is 1. The predicted molar refractivity (Wildman–Crippen MR) is 68.8 cm³/mol. The van der Waals surface area contributed by atoms with Crippen molar-refractivity contribution in [2.24, 2.45) is 7.05 Å². The Morgan fingerprint density at radius 3 is 3.20 bits per heavy atom. The average molecular weight is 276 g/mol. The lowest BCUT2D eigenvalue weighted by Gasteiger charge is -2.13. The number of carbonyl (C=O) groups is 1. The first-order valence-electron chi connectivity index (χ1n) is 6.49. The van der Waals surface area contributed by atoms with Gasteiger partial charge in [-0.05, 0) is 12.8 Å². The number of amides is 1. The summed E-state index contributed by atoms with van der Waals surface area (Å²) in [6.07, 6.45) is 6.32. The number of hydrogen-bond acceptors (Lipinski definition) is 5. The van der Waals surface area contributed by atoms with Gasteiger partial charge in [0.1, 0.15) is 18.1 Å². The number of nitrogens with one attached hydrogen (secondary N) is 2. The van der Waals surface area contributed by atoms with Crippen molar-refractivity contribution >= 4 is 5.91 Å². The first kappa shape index (κ1) is 12.8. The van der Waals surface area contributed by atoms with Crippen molar-refractivity contribution in [2.75, 3.05) is 6.54 Å². The van der Waals surface area contributed by atoms with Gasteiger partial charge in [-0.15, -0.1) is 0 Å². The van der Waals surface area contributed by atoms with Crippen LogP contribution in [0.4, 0.5) is 0 Å². The second-order valence-electron chi connectivity index (χ2n) is 4.79. The molecule has 106 valence electrons. The summed E-state index contributed by atoms with van der Waals surface area (Å²) in [6, 6.07) is 0. The lowest BCUT2D eigenvalue weighted by molar-refractivity contribution is 0.0391. The summed E-state index contributed by atoms with van der Waals surface area (Å²) >= 11 is 0. The molecule has 1 aliphatic rings. The van der Waals surface area contributed by atoms with E-state index in [1.165, 1.54) is 6.33 Å². The summed E-state index contributed by atoms with van der Waals surface area (Å²) in [7, 11) is 1.79. The first-order chi connectivity index (χ1) is 9.74. The molecule has 0 unspecified atom stereocenters. The van der Waals surface area contributed by atoms with Gasteiger partial charge in [0.2, 0.25) is 0 Å². The van der Waals surface area contributed by atoms with Crippen LogP contribution in [0.25, 0.3) is 0 Å². The molecule has 1 saturated heterocycles. The molecule has 20 heavy (non-hydrogen) atoms. The Morgan fingerprint density at radius 1 is 1.60 bits per heavy atom. The SMILES string of the molecule is Cn1cncc1C(=O)NC[C@H]1CC[C@@H](c2ncn[nH]2)O1. The highest BCUT2D eigenvalue weighted by atomic mass is 16.5. The summed E-state index contributed by atoms with van der Waals surface area (Å²) in [6.45, 7) is 0.481. The zero-order chi connectivity index (χ0) is 13.9. The van der Waals surface area contributed by atoms with E-state index in [1.807, 2.05) is 0 Å². The molecule has 0 aromatic carbocycles. The number of hydrogen-bond donors (Lipinski definition) is 2. The van der Waals surface area contributed by atoms with Crippen LogP contribution in [0.15, 0.2) is 18.9 Å². The number of aromatic nitrogens is 5. The highest BCUT2D eigenvalue weighted by Gasteiger charge is 2.28. The highest BCUT2D eigenvalue weighted by Crippen LogP contribution is 2.29. The van der Waals surface area contributed by atoms with Gasteiger partial charge in [0, 0.05) is 13.6 Å². The molecule has 2 aromatic rings. The minimum absolute atomic E-state index is 0.00211. The standard InChI is InChI=1S/C12H16N6O2/c1-18-7-13-5-9(18)12(19)14-4-8-2-3-10(20-8)11-15-6-16-17-11/h5-8,10H,2-4H2,1H3,(H,14,19)(H,15,16,17)/t8-,10+/m1/s1. The van der Waals surface area contributed by atoms with Gasteiger partial charge in [-0.3, -0.25) is 9.89 Å². The number of rotatable bonds is 4. The Labute approximate surface area is 115 Å². The maximum absolute atomic E-state index is 11.9. The van der Waals surface area contributed by atoms with E-state index < -0.39 is 0 Å². The van der Waals surface area contributed by atoms with Gasteiger partial charge in [0.05, 0.1) is 18.6 Å². The van der Waals surface area contributed by atoms with Crippen LogP contribution in [0, 0.1) is 0 Å². The Kier molecular flexibility index (Phi) is 3.46. The van der Waals surface area contributed by atoms with Crippen molar-refractivity contribution in [2.45, 2.75) is 25.0 Å². The molecule has 1 aliphatic heterocycles. The number of carbonyl (C=O) groups excluding carboxylic acids is 1. The minimum Gasteiger partial charge on any atom is -0.365 e. The monoisotopic (exact) mass is 276 g/mol. The van der Waals surface area contributed by atoms with Crippen LogP contribution in [-0.4, -0.2) is 43.3 Å². The van der Waals surface area contributed by atoms with Crippen molar-refractivity contribution in [1.82, 2.24) is 30.0 Å². The second-order valence-corrected chi connectivity index (χ2v) is 4.79. The number of aromatic amines is 1. The fourth-order valence-corrected chi connectivity index (χ4v) is 2.30. The topological polar surface area (TPSA) is 97.7 Å². The third kappa shape index (κ3) is 2.55. The zero-order valence-corrected chi connectivity index (χ0v) is 11.1. The maximum Gasteiger partial charge on any atom is 0.269 e. The average Bonchev–Trinajstić information content (AvgIpc) is 3.16. The van der Waals surface area contributed by atoms with Crippen LogP contribution >= 0.6 is 0 Å². The normalized spacial score (nSPS) is 22.1. The van der Waals surface area contributed by atoms with E-state index in [1.54, 1.807) is 24.1 Å². The van der Waals surface area contributed by atoms with E-state index in [-0.39, 0.29) is 18.1 Å². The van der Waals surface area contributed by atoms with Gasteiger partial charge in [-0.25, -0.2) is 9.97 Å². The molecule has 0 bridgehead atoms. The lowest BCUT2D eigenvalue weighted by Crippen LogP contribution is -2.32. The Hall–Kier alpha value is -2.22. The predicted octanol–water partition coefficient (Wildman–Crippen LogP) is 0.188. The Morgan fingerprint density at radius 2 is 2.50 bits per heavy atom. The van der Waals surface area contributed by atoms with Crippen LogP contribution in [0.1, 0.15) is 35.3 Å². The summed E-state index contributed by atoms with van der Waals surface area (Å²) in [5, 5.41) is 9.49. The van der Waals surface area contributed by atoms with Crippen molar-refractivity contribution < 1.29 is 9.53 Å². The third-order valence-corrected chi connectivity index (χ3v) is 3.39. The van der Waals surface area contributed by atoms with Crippen molar-refractivity contribution in [3.8, 4) is 0 Å². The molecule has 2 aromatic heterocycles. The minimum atomic E-state index is -0.142. The summed E-state index contributed by atoms with van der Waals surface area (Å²) in [5.41, 5.74) is 0.537. The number of aryl methyl sites for hydroxylation is 1. The van der Waals surface area contributed by atoms with Crippen LogP contribution in [-0.2, 0) is 11.8 Å². The molecule has 1 fully saturated rings. The molecule has 3 rings (SSSR count). The second kappa shape index (κ2) is 5.41.